The topological polar surface area (TPSA) is 38.7 Å². The molecule has 16 heavy (non-hydrogen) atoms. The molecule has 84 valence electrons. The lowest BCUT2D eigenvalue weighted by molar-refractivity contribution is -0.145. The van der Waals surface area contributed by atoms with Crippen molar-refractivity contribution >= 4 is 11.7 Å². The predicted octanol–water partition coefficient (Wildman–Crippen LogP) is 2.38. The third kappa shape index (κ3) is 1.98. The number of benzene rings is 1. The van der Waals surface area contributed by atoms with Gasteiger partial charge in [-0.05, 0) is 12.5 Å². The second-order valence-corrected chi connectivity index (χ2v) is 4.05. The minimum Gasteiger partial charge on any atom is -0.469 e. The molecule has 1 aliphatic heterocycles. The minimum absolute atomic E-state index is 0.0753. The molecule has 0 aliphatic carbocycles. The van der Waals surface area contributed by atoms with Gasteiger partial charge in [-0.1, -0.05) is 30.3 Å². The molecule has 3 nitrogen and oxygen atoms in total. The highest BCUT2D eigenvalue weighted by molar-refractivity contribution is 5.90. The molecule has 0 fully saturated rings. The van der Waals surface area contributed by atoms with Gasteiger partial charge in [-0.25, -0.2) is 0 Å². The molecule has 0 unspecified atom stereocenters. The van der Waals surface area contributed by atoms with Crippen molar-refractivity contribution in [3.05, 3.63) is 35.9 Å². The molecular formula is C13H15NO2. The van der Waals surface area contributed by atoms with Crippen molar-refractivity contribution in [2.24, 2.45) is 10.9 Å². The number of ether oxygens (including phenoxy) is 1. The maximum atomic E-state index is 11.6. The molecule has 0 N–H and O–H groups in total. The third-order valence-corrected chi connectivity index (χ3v) is 2.90. The molecular weight excluding hydrogens is 202 g/mol. The van der Waals surface area contributed by atoms with Gasteiger partial charge in [0.15, 0.2) is 0 Å². The van der Waals surface area contributed by atoms with E-state index in [2.05, 4.69) is 4.99 Å². The van der Waals surface area contributed by atoms with Gasteiger partial charge in [-0.15, -0.1) is 0 Å². The molecule has 1 aliphatic rings. The van der Waals surface area contributed by atoms with Crippen LogP contribution >= 0.6 is 0 Å². The van der Waals surface area contributed by atoms with Crippen molar-refractivity contribution in [3.63, 3.8) is 0 Å². The molecule has 0 saturated carbocycles. The first-order valence-electron chi connectivity index (χ1n) is 5.38. The fraction of sp³-hybridized carbons (Fsp3) is 0.385. The highest BCUT2D eigenvalue weighted by Crippen LogP contribution is 2.35. The summed E-state index contributed by atoms with van der Waals surface area (Å²) in [5.41, 5.74) is 2.10. The number of hydrogen-bond donors (Lipinski definition) is 0. The van der Waals surface area contributed by atoms with E-state index >= 15 is 0 Å². The van der Waals surface area contributed by atoms with Gasteiger partial charge in [-0.3, -0.25) is 9.79 Å². The van der Waals surface area contributed by atoms with Crippen molar-refractivity contribution in [1.82, 2.24) is 0 Å². The van der Waals surface area contributed by atoms with Crippen LogP contribution in [0.4, 0.5) is 0 Å². The Balaban J connectivity index is 2.28. The first-order chi connectivity index (χ1) is 7.72. The van der Waals surface area contributed by atoms with Crippen molar-refractivity contribution < 1.29 is 9.53 Å². The second-order valence-electron chi connectivity index (χ2n) is 4.05. The molecule has 1 aromatic rings. The van der Waals surface area contributed by atoms with Crippen LogP contribution in [0.3, 0.4) is 0 Å². The summed E-state index contributed by atoms with van der Waals surface area (Å²) in [5.74, 6) is -0.332. The van der Waals surface area contributed by atoms with Crippen LogP contribution in [0.1, 0.15) is 24.9 Å². The summed E-state index contributed by atoms with van der Waals surface area (Å²) >= 11 is 0. The predicted molar refractivity (Wildman–Crippen MR) is 62.4 cm³/mol. The van der Waals surface area contributed by atoms with Crippen LogP contribution in [0.5, 0.6) is 0 Å². The van der Waals surface area contributed by atoms with Gasteiger partial charge in [0.2, 0.25) is 0 Å². The zero-order valence-electron chi connectivity index (χ0n) is 9.51. The summed E-state index contributed by atoms with van der Waals surface area (Å²) in [5, 5.41) is 0. The van der Waals surface area contributed by atoms with Crippen molar-refractivity contribution in [2.45, 2.75) is 19.4 Å². The number of methoxy groups -OCH3 is 1. The molecule has 1 heterocycles. The summed E-state index contributed by atoms with van der Waals surface area (Å²) in [6, 6.07) is 9.82. The third-order valence-electron chi connectivity index (χ3n) is 2.90. The van der Waals surface area contributed by atoms with E-state index in [0.29, 0.717) is 6.42 Å². The van der Waals surface area contributed by atoms with E-state index in [1.807, 2.05) is 37.3 Å². The highest BCUT2D eigenvalue weighted by atomic mass is 16.5. The monoisotopic (exact) mass is 217 g/mol. The number of carbonyl (C=O) groups is 1. The first kappa shape index (κ1) is 10.9. The smallest absolute Gasteiger partial charge is 0.311 e. The Morgan fingerprint density at radius 1 is 1.38 bits per heavy atom. The van der Waals surface area contributed by atoms with Gasteiger partial charge < -0.3 is 4.74 Å². The van der Waals surface area contributed by atoms with Crippen LogP contribution in [0.25, 0.3) is 0 Å². The number of nitrogens with zero attached hydrogens (tertiary/aromatic N) is 1. The average molecular weight is 217 g/mol. The largest absolute Gasteiger partial charge is 0.469 e. The number of rotatable bonds is 2. The van der Waals surface area contributed by atoms with Crippen LogP contribution in [0, 0.1) is 5.92 Å². The second kappa shape index (κ2) is 4.47. The van der Waals surface area contributed by atoms with E-state index in [1.54, 1.807) is 0 Å². The first-order valence-corrected chi connectivity index (χ1v) is 5.38. The number of hydrogen-bond acceptors (Lipinski definition) is 3. The summed E-state index contributed by atoms with van der Waals surface area (Å²) < 4.78 is 4.82. The molecule has 0 radical (unpaired) electrons. The van der Waals surface area contributed by atoms with Gasteiger partial charge in [-0.2, -0.15) is 0 Å². The lowest BCUT2D eigenvalue weighted by Gasteiger charge is -2.15. The molecule has 0 bridgehead atoms. The quantitative estimate of drug-likeness (QED) is 0.713. The van der Waals surface area contributed by atoms with Crippen LogP contribution in [0.2, 0.25) is 0 Å². The lowest BCUT2D eigenvalue weighted by Crippen LogP contribution is -2.19. The van der Waals surface area contributed by atoms with Crippen LogP contribution in [-0.2, 0) is 9.53 Å². The lowest BCUT2D eigenvalue weighted by atomic mass is 9.93. The Morgan fingerprint density at radius 3 is 2.69 bits per heavy atom. The summed E-state index contributed by atoms with van der Waals surface area (Å²) in [6.07, 6.45) is 0.701. The fourth-order valence-electron chi connectivity index (χ4n) is 2.13. The summed E-state index contributed by atoms with van der Waals surface area (Å²) in [6.45, 7) is 1.96. The molecule has 0 aromatic heterocycles. The summed E-state index contributed by atoms with van der Waals surface area (Å²) in [4.78, 5) is 16.2. The number of esters is 1. The maximum absolute atomic E-state index is 11.6. The van der Waals surface area contributed by atoms with Crippen LogP contribution in [0.15, 0.2) is 35.3 Å². The molecule has 0 spiro atoms. The standard InChI is InChI=1S/C13H15NO2/c1-9-8-11(13(15)16-2)12(14-9)10-6-4-3-5-7-10/h3-7,11-12H,8H2,1-2H3/t11-,12-/m1/s1. The number of aliphatic imine (C=N–C) groups is 1. The van der Waals surface area contributed by atoms with Gasteiger partial charge in [0, 0.05) is 12.1 Å². The molecule has 2 atom stereocenters. The Morgan fingerprint density at radius 2 is 2.06 bits per heavy atom. The average Bonchev–Trinajstić information content (AvgIpc) is 2.71. The Bertz CT molecular complexity index is 411. The van der Waals surface area contributed by atoms with E-state index < -0.39 is 0 Å². The molecule has 0 amide bonds. The molecule has 3 heteroatoms. The summed E-state index contributed by atoms with van der Waals surface area (Å²) in [7, 11) is 1.43. The molecule has 1 aromatic carbocycles. The van der Waals surface area contributed by atoms with E-state index in [0.717, 1.165) is 11.3 Å². The Kier molecular flexibility index (Phi) is 3.04. The SMILES string of the molecule is COC(=O)[C@@H]1CC(C)=N[C@@H]1c1ccccc1. The van der Waals surface area contributed by atoms with Gasteiger partial charge in [0.25, 0.3) is 0 Å². The normalized spacial score (nSPS) is 24.0. The molecule has 2 rings (SSSR count). The Labute approximate surface area is 95.2 Å². The fourth-order valence-corrected chi connectivity index (χ4v) is 2.13. The zero-order chi connectivity index (χ0) is 11.5. The maximum Gasteiger partial charge on any atom is 0.311 e. The van der Waals surface area contributed by atoms with Crippen LogP contribution in [-0.4, -0.2) is 18.8 Å². The zero-order valence-corrected chi connectivity index (χ0v) is 9.51. The van der Waals surface area contributed by atoms with E-state index in [4.69, 9.17) is 4.74 Å². The van der Waals surface area contributed by atoms with Gasteiger partial charge in [0.1, 0.15) is 0 Å². The van der Waals surface area contributed by atoms with Crippen LogP contribution < -0.4 is 0 Å². The number of carbonyl (C=O) groups excluding carboxylic acids is 1. The van der Waals surface area contributed by atoms with Crippen molar-refractivity contribution in [2.75, 3.05) is 7.11 Å². The van der Waals surface area contributed by atoms with Gasteiger partial charge in [0.05, 0.1) is 19.1 Å². The minimum atomic E-state index is -0.172. The Hall–Kier alpha value is -1.64. The van der Waals surface area contributed by atoms with Gasteiger partial charge >= 0.3 is 5.97 Å². The highest BCUT2D eigenvalue weighted by Gasteiger charge is 2.34. The van der Waals surface area contributed by atoms with Crippen molar-refractivity contribution in [1.29, 1.82) is 0 Å². The molecule has 0 saturated heterocycles. The van der Waals surface area contributed by atoms with E-state index in [1.165, 1.54) is 7.11 Å². The van der Waals surface area contributed by atoms with Crippen molar-refractivity contribution in [3.8, 4) is 0 Å². The van der Waals surface area contributed by atoms with E-state index in [-0.39, 0.29) is 17.9 Å². The van der Waals surface area contributed by atoms with E-state index in [9.17, 15) is 4.79 Å².